The molecule has 7 nitrogen and oxygen atoms in total. The van der Waals surface area contributed by atoms with E-state index in [9.17, 15) is 18.3 Å². The fourth-order valence-electron chi connectivity index (χ4n) is 4.79. The van der Waals surface area contributed by atoms with E-state index in [1.807, 2.05) is 66.7 Å². The molecule has 0 saturated carbocycles. The number of aromatic nitrogens is 1. The highest BCUT2D eigenvalue weighted by Crippen LogP contribution is 2.36. The quantitative estimate of drug-likeness (QED) is 0.259. The Bertz CT molecular complexity index is 1710. The summed E-state index contributed by atoms with van der Waals surface area (Å²) in [6.07, 6.45) is 6.37. The maximum Gasteiger partial charge on any atom is 0.336 e. The largest absolute Gasteiger partial charge is 0.478 e. The third-order valence-electron chi connectivity index (χ3n) is 6.87. The molecule has 5 rings (SSSR count). The van der Waals surface area contributed by atoms with E-state index >= 15 is 0 Å². The summed E-state index contributed by atoms with van der Waals surface area (Å²) in [4.78, 5) is 16.6. The van der Waals surface area contributed by atoms with Crippen molar-refractivity contribution in [2.75, 3.05) is 19.5 Å². The van der Waals surface area contributed by atoms with E-state index < -0.39 is 21.6 Å². The molecule has 0 amide bonds. The third-order valence-corrected chi connectivity index (χ3v) is 8.22. The average molecular weight is 578 g/mol. The highest BCUT2D eigenvalue weighted by atomic mass is 35.5. The summed E-state index contributed by atoms with van der Waals surface area (Å²) in [6, 6.07) is 21.6. The van der Waals surface area contributed by atoms with Crippen LogP contribution in [-0.2, 0) is 31.5 Å². The molecule has 0 atom stereocenters. The Morgan fingerprint density at radius 3 is 2.55 bits per heavy atom. The van der Waals surface area contributed by atoms with E-state index in [4.69, 9.17) is 21.1 Å². The summed E-state index contributed by atoms with van der Waals surface area (Å²) in [5.74, 6) is -2.25. The molecule has 1 fully saturated rings. The van der Waals surface area contributed by atoms with Gasteiger partial charge in [0, 0.05) is 28.6 Å². The predicted octanol–water partition coefficient (Wildman–Crippen LogP) is 6.38. The molecule has 1 aliphatic rings. The van der Waals surface area contributed by atoms with E-state index in [0.717, 1.165) is 40.4 Å². The monoisotopic (exact) mass is 577 g/mol. The van der Waals surface area contributed by atoms with Gasteiger partial charge in [0.15, 0.2) is 15.6 Å². The lowest BCUT2D eigenvalue weighted by molar-refractivity contribution is -0.279. The van der Waals surface area contributed by atoms with Gasteiger partial charge >= 0.3 is 5.97 Å². The number of sulfone groups is 1. The summed E-state index contributed by atoms with van der Waals surface area (Å²) in [6.45, 7) is 1.00. The average Bonchev–Trinajstić information content (AvgIpc) is 2.94. The molecule has 0 radical (unpaired) electrons. The molecule has 1 aromatic heterocycles. The number of fused-ring (bicyclic) bond motifs is 1. The molecule has 1 N–H and O–H groups in total. The van der Waals surface area contributed by atoms with Gasteiger partial charge in [0.25, 0.3) is 0 Å². The molecule has 40 heavy (non-hydrogen) atoms. The highest BCUT2D eigenvalue weighted by Gasteiger charge is 2.37. The Balaban J connectivity index is 1.41. The Kier molecular flexibility index (Phi) is 8.05. The van der Waals surface area contributed by atoms with Crippen LogP contribution in [0, 0.1) is 0 Å². The number of halogens is 1. The molecule has 0 unspecified atom stereocenters. The van der Waals surface area contributed by atoms with Crippen LogP contribution in [0.2, 0.25) is 5.02 Å². The first-order chi connectivity index (χ1) is 19.1. The van der Waals surface area contributed by atoms with Crippen LogP contribution in [0.4, 0.5) is 0 Å². The summed E-state index contributed by atoms with van der Waals surface area (Å²) in [5.41, 5.74) is 3.81. The number of ether oxygens (including phenoxy) is 2. The van der Waals surface area contributed by atoms with Crippen molar-refractivity contribution in [3.8, 4) is 0 Å². The van der Waals surface area contributed by atoms with E-state index in [2.05, 4.69) is 4.98 Å². The van der Waals surface area contributed by atoms with Crippen molar-refractivity contribution < 1.29 is 27.8 Å². The highest BCUT2D eigenvalue weighted by molar-refractivity contribution is 7.90. The summed E-state index contributed by atoms with van der Waals surface area (Å²) >= 11 is 6.13. The van der Waals surface area contributed by atoms with Gasteiger partial charge in [0.2, 0.25) is 0 Å². The minimum Gasteiger partial charge on any atom is -0.478 e. The number of benzene rings is 3. The van der Waals surface area contributed by atoms with Gasteiger partial charge in [-0.3, -0.25) is 0 Å². The lowest BCUT2D eigenvalue weighted by atomic mass is 9.93. The molecule has 2 heterocycles. The maximum absolute atomic E-state index is 12.0. The van der Waals surface area contributed by atoms with Gasteiger partial charge in [-0.2, -0.15) is 0 Å². The lowest BCUT2D eigenvalue weighted by Crippen LogP contribution is -2.38. The first-order valence-corrected chi connectivity index (χ1v) is 15.1. The van der Waals surface area contributed by atoms with E-state index in [1.165, 1.54) is 12.1 Å². The molecule has 4 aromatic rings. The first kappa shape index (κ1) is 28.0. The molecule has 9 heteroatoms. The molecule has 0 spiro atoms. The molecule has 0 aliphatic carbocycles. The molecule has 206 valence electrons. The van der Waals surface area contributed by atoms with E-state index in [1.54, 1.807) is 6.07 Å². The zero-order chi connectivity index (χ0) is 28.3. The summed E-state index contributed by atoms with van der Waals surface area (Å²) < 4.78 is 36.3. The number of carbonyl (C=O) groups is 1. The Labute approximate surface area is 238 Å². The second-order valence-corrected chi connectivity index (χ2v) is 12.2. The van der Waals surface area contributed by atoms with Crippen LogP contribution in [0.3, 0.4) is 0 Å². The van der Waals surface area contributed by atoms with Crippen molar-refractivity contribution >= 4 is 50.5 Å². The molecule has 1 saturated heterocycles. The van der Waals surface area contributed by atoms with Crippen molar-refractivity contribution in [2.24, 2.45) is 0 Å². The fraction of sp³-hybridized carbons (Fsp3) is 0.226. The molecule has 1 aliphatic heterocycles. The second-order valence-electron chi connectivity index (χ2n) is 9.73. The number of aryl methyl sites for hydroxylation is 1. The van der Waals surface area contributed by atoms with Crippen LogP contribution < -0.4 is 0 Å². The minimum absolute atomic E-state index is 0.0305. The zero-order valence-corrected chi connectivity index (χ0v) is 23.4. The first-order valence-electron chi connectivity index (χ1n) is 12.8. The molecular formula is C31H28ClNO6S. The van der Waals surface area contributed by atoms with Crippen LogP contribution in [0.5, 0.6) is 0 Å². The van der Waals surface area contributed by atoms with Gasteiger partial charge in [0.05, 0.1) is 34.9 Å². The zero-order valence-electron chi connectivity index (χ0n) is 21.8. The Hall–Kier alpha value is -3.56. The van der Waals surface area contributed by atoms with Crippen LogP contribution in [0.25, 0.3) is 23.1 Å². The summed E-state index contributed by atoms with van der Waals surface area (Å²) in [7, 11) is -3.54. The van der Waals surface area contributed by atoms with E-state index in [0.29, 0.717) is 36.6 Å². The third kappa shape index (κ3) is 6.26. The van der Waals surface area contributed by atoms with Crippen LogP contribution >= 0.6 is 11.6 Å². The second kappa shape index (κ2) is 11.5. The van der Waals surface area contributed by atoms with Gasteiger partial charge < -0.3 is 14.6 Å². The van der Waals surface area contributed by atoms with Crippen molar-refractivity contribution in [1.29, 1.82) is 0 Å². The van der Waals surface area contributed by atoms with Gasteiger partial charge in [-0.05, 0) is 66.4 Å². The number of pyridine rings is 1. The van der Waals surface area contributed by atoms with Crippen molar-refractivity contribution in [3.05, 3.63) is 106 Å². The van der Waals surface area contributed by atoms with Gasteiger partial charge in [-0.1, -0.05) is 54.1 Å². The number of rotatable bonds is 8. The van der Waals surface area contributed by atoms with Gasteiger partial charge in [0.1, 0.15) is 0 Å². The number of carboxylic acids is 1. The van der Waals surface area contributed by atoms with Crippen molar-refractivity contribution in [3.63, 3.8) is 0 Å². The van der Waals surface area contributed by atoms with Crippen LogP contribution in [0.1, 0.15) is 45.6 Å². The number of aromatic carboxylic acids is 1. The van der Waals surface area contributed by atoms with Crippen molar-refractivity contribution in [2.45, 2.75) is 29.9 Å². The minimum atomic E-state index is -3.54. The smallest absolute Gasteiger partial charge is 0.336 e. The number of nitrogens with zero attached hydrogens (tertiary/aromatic N) is 1. The number of hydrogen-bond acceptors (Lipinski definition) is 6. The van der Waals surface area contributed by atoms with Gasteiger partial charge in [-0.25, -0.2) is 18.2 Å². The van der Waals surface area contributed by atoms with Crippen LogP contribution in [-0.4, -0.2) is 43.9 Å². The summed E-state index contributed by atoms with van der Waals surface area (Å²) in [5, 5.41) is 11.4. The molecule has 0 bridgehead atoms. The molecule has 3 aromatic carbocycles. The van der Waals surface area contributed by atoms with Crippen molar-refractivity contribution in [1.82, 2.24) is 4.98 Å². The van der Waals surface area contributed by atoms with E-state index in [-0.39, 0.29) is 10.5 Å². The maximum atomic E-state index is 12.0. The topological polar surface area (TPSA) is 103 Å². The van der Waals surface area contributed by atoms with Gasteiger partial charge in [-0.15, -0.1) is 0 Å². The standard InChI is InChI=1S/C31H28ClNO6S/c1-40(36,37)27-13-9-22(28(20-27)30(34)35)14-15-31(38-16-3-17-39-31)24-5-2-4-21(18-24)6-11-26-12-8-23-7-10-25(32)19-29(23)33-26/h2,4-13,18-20H,3,14-17H2,1H3,(H,34,35)/b11-6+. The van der Waals surface area contributed by atoms with Crippen LogP contribution in [0.15, 0.2) is 77.7 Å². The fourth-order valence-corrected chi connectivity index (χ4v) is 5.61. The normalized spacial score (nSPS) is 15.4. The number of hydrogen-bond donors (Lipinski definition) is 1. The lowest BCUT2D eigenvalue weighted by Gasteiger charge is -2.38. The SMILES string of the molecule is CS(=O)(=O)c1ccc(CCC2(c3cccc(/C=C/c4ccc5ccc(Cl)cc5n4)c3)OCCCO2)c(C(=O)O)c1. The number of carboxylic acid groups (broad SMARTS) is 1. The molecular weight excluding hydrogens is 550 g/mol. The predicted molar refractivity (Wildman–Crippen MR) is 155 cm³/mol. The Morgan fingerprint density at radius 1 is 1.02 bits per heavy atom. The Morgan fingerprint density at radius 2 is 1.80 bits per heavy atom.